The smallest absolute Gasteiger partial charge is 0.0297 e. The van der Waals surface area contributed by atoms with E-state index in [1.54, 1.807) is 0 Å². The minimum absolute atomic E-state index is 0.233. The molecule has 1 saturated carbocycles. The zero-order valence-corrected chi connectivity index (χ0v) is 11.2. The molecule has 0 spiro atoms. The van der Waals surface area contributed by atoms with Crippen molar-refractivity contribution in [2.75, 3.05) is 0 Å². The van der Waals surface area contributed by atoms with E-state index in [1.807, 2.05) is 0 Å². The highest BCUT2D eigenvalue weighted by Crippen LogP contribution is 2.31. The number of hydrogen-bond acceptors (Lipinski definition) is 1. The summed E-state index contributed by atoms with van der Waals surface area (Å²) in [7, 11) is 0. The molecule has 1 nitrogen and oxygen atoms in total. The van der Waals surface area contributed by atoms with Crippen LogP contribution in [-0.4, -0.2) is 0 Å². The second kappa shape index (κ2) is 5.68. The summed E-state index contributed by atoms with van der Waals surface area (Å²) < 4.78 is 0. The minimum atomic E-state index is 0.233. The first-order chi connectivity index (χ1) is 8.16. The van der Waals surface area contributed by atoms with Gasteiger partial charge in [0.25, 0.3) is 0 Å². The van der Waals surface area contributed by atoms with Crippen molar-refractivity contribution < 1.29 is 0 Å². The zero-order valence-electron chi connectivity index (χ0n) is 11.2. The Bertz CT molecular complexity index is 364. The van der Waals surface area contributed by atoms with E-state index in [1.165, 1.54) is 48.8 Å². The molecule has 2 N–H and O–H groups in total. The third-order valence-corrected chi connectivity index (χ3v) is 4.19. The molecule has 0 aromatic heterocycles. The summed E-state index contributed by atoms with van der Waals surface area (Å²) in [5.41, 5.74) is 10.3. The molecule has 1 aromatic carbocycles. The van der Waals surface area contributed by atoms with E-state index in [0.717, 1.165) is 12.3 Å². The molecular weight excluding hydrogens is 206 g/mol. The molecular formula is C16H25N. The van der Waals surface area contributed by atoms with Gasteiger partial charge >= 0.3 is 0 Å². The summed E-state index contributed by atoms with van der Waals surface area (Å²) >= 11 is 0. The van der Waals surface area contributed by atoms with Crippen molar-refractivity contribution >= 4 is 0 Å². The van der Waals surface area contributed by atoms with Gasteiger partial charge < -0.3 is 5.73 Å². The highest BCUT2D eigenvalue weighted by Gasteiger charge is 2.17. The van der Waals surface area contributed by atoms with Crippen LogP contribution in [0, 0.1) is 19.8 Å². The van der Waals surface area contributed by atoms with Crippen LogP contribution in [0.15, 0.2) is 18.2 Å². The minimum Gasteiger partial charge on any atom is -0.324 e. The van der Waals surface area contributed by atoms with E-state index < -0.39 is 0 Å². The summed E-state index contributed by atoms with van der Waals surface area (Å²) in [6.45, 7) is 4.32. The SMILES string of the molecule is Cc1ccc(C(N)CCC2CCCC2)c(C)c1. The van der Waals surface area contributed by atoms with Crippen molar-refractivity contribution in [1.29, 1.82) is 0 Å². The zero-order chi connectivity index (χ0) is 12.3. The lowest BCUT2D eigenvalue weighted by Crippen LogP contribution is -2.13. The fourth-order valence-electron chi connectivity index (χ4n) is 3.11. The Morgan fingerprint density at radius 3 is 2.59 bits per heavy atom. The second-order valence-corrected chi connectivity index (χ2v) is 5.69. The van der Waals surface area contributed by atoms with Gasteiger partial charge in [0.05, 0.1) is 0 Å². The van der Waals surface area contributed by atoms with E-state index in [-0.39, 0.29) is 6.04 Å². The monoisotopic (exact) mass is 231 g/mol. The Hall–Kier alpha value is -0.820. The van der Waals surface area contributed by atoms with Crippen LogP contribution in [0.4, 0.5) is 0 Å². The molecule has 1 aromatic rings. The van der Waals surface area contributed by atoms with Crippen molar-refractivity contribution in [2.45, 2.75) is 58.4 Å². The van der Waals surface area contributed by atoms with Gasteiger partial charge in [-0.05, 0) is 43.7 Å². The highest BCUT2D eigenvalue weighted by molar-refractivity contribution is 5.32. The number of benzene rings is 1. The van der Waals surface area contributed by atoms with Crippen LogP contribution in [0.25, 0.3) is 0 Å². The number of hydrogen-bond donors (Lipinski definition) is 1. The van der Waals surface area contributed by atoms with Crippen LogP contribution in [-0.2, 0) is 0 Å². The van der Waals surface area contributed by atoms with Crippen LogP contribution in [0.5, 0.6) is 0 Å². The molecule has 1 unspecified atom stereocenters. The maximum Gasteiger partial charge on any atom is 0.0297 e. The first-order valence-electron chi connectivity index (χ1n) is 6.99. The van der Waals surface area contributed by atoms with Gasteiger partial charge in [-0.15, -0.1) is 0 Å². The number of rotatable bonds is 4. The van der Waals surface area contributed by atoms with Crippen LogP contribution in [0.2, 0.25) is 0 Å². The molecule has 1 atom stereocenters. The molecule has 0 amide bonds. The predicted molar refractivity (Wildman–Crippen MR) is 74.0 cm³/mol. The molecule has 1 aliphatic carbocycles. The second-order valence-electron chi connectivity index (χ2n) is 5.69. The fraction of sp³-hybridized carbons (Fsp3) is 0.625. The van der Waals surface area contributed by atoms with Gasteiger partial charge in [0.2, 0.25) is 0 Å². The van der Waals surface area contributed by atoms with Crippen LogP contribution >= 0.6 is 0 Å². The van der Waals surface area contributed by atoms with E-state index in [0.29, 0.717) is 0 Å². The van der Waals surface area contributed by atoms with Crippen LogP contribution < -0.4 is 5.73 Å². The largest absolute Gasteiger partial charge is 0.324 e. The maximum absolute atomic E-state index is 6.32. The predicted octanol–water partition coefficient (Wildman–Crippen LogP) is 4.27. The lowest BCUT2D eigenvalue weighted by atomic mass is 9.92. The molecule has 17 heavy (non-hydrogen) atoms. The average molecular weight is 231 g/mol. The molecule has 1 aliphatic rings. The molecule has 1 fully saturated rings. The summed E-state index contributed by atoms with van der Waals surface area (Å²) in [4.78, 5) is 0. The summed E-state index contributed by atoms with van der Waals surface area (Å²) in [5.74, 6) is 0.951. The summed E-state index contributed by atoms with van der Waals surface area (Å²) in [5, 5.41) is 0. The molecule has 0 aliphatic heterocycles. The summed E-state index contributed by atoms with van der Waals surface area (Å²) in [6, 6.07) is 6.86. The normalized spacial score (nSPS) is 18.5. The van der Waals surface area contributed by atoms with Crippen molar-refractivity contribution in [2.24, 2.45) is 11.7 Å². The van der Waals surface area contributed by atoms with Gasteiger partial charge in [-0.25, -0.2) is 0 Å². The average Bonchev–Trinajstić information content (AvgIpc) is 2.78. The van der Waals surface area contributed by atoms with E-state index in [2.05, 4.69) is 32.0 Å². The molecule has 0 heterocycles. The van der Waals surface area contributed by atoms with Crippen LogP contribution in [0.3, 0.4) is 0 Å². The number of aryl methyl sites for hydroxylation is 2. The van der Waals surface area contributed by atoms with Crippen molar-refractivity contribution in [3.05, 3.63) is 34.9 Å². The molecule has 0 saturated heterocycles. The lowest BCUT2D eigenvalue weighted by molar-refractivity contribution is 0.453. The van der Waals surface area contributed by atoms with Gasteiger partial charge in [-0.1, -0.05) is 49.4 Å². The standard InChI is InChI=1S/C16H25N/c1-12-7-9-15(13(2)11-12)16(17)10-8-14-5-3-4-6-14/h7,9,11,14,16H,3-6,8,10,17H2,1-2H3. The quantitative estimate of drug-likeness (QED) is 0.822. The van der Waals surface area contributed by atoms with Gasteiger partial charge in [-0.3, -0.25) is 0 Å². The van der Waals surface area contributed by atoms with Gasteiger partial charge in [0.1, 0.15) is 0 Å². The lowest BCUT2D eigenvalue weighted by Gasteiger charge is -2.17. The molecule has 2 rings (SSSR count). The Kier molecular flexibility index (Phi) is 4.22. The topological polar surface area (TPSA) is 26.0 Å². The van der Waals surface area contributed by atoms with E-state index in [4.69, 9.17) is 5.73 Å². The Morgan fingerprint density at radius 2 is 1.94 bits per heavy atom. The Morgan fingerprint density at radius 1 is 1.24 bits per heavy atom. The van der Waals surface area contributed by atoms with Gasteiger partial charge in [-0.2, -0.15) is 0 Å². The highest BCUT2D eigenvalue weighted by atomic mass is 14.6. The first kappa shape index (κ1) is 12.6. The third-order valence-electron chi connectivity index (χ3n) is 4.19. The van der Waals surface area contributed by atoms with Crippen molar-refractivity contribution in [1.82, 2.24) is 0 Å². The summed E-state index contributed by atoms with van der Waals surface area (Å²) in [6.07, 6.45) is 8.19. The van der Waals surface area contributed by atoms with E-state index >= 15 is 0 Å². The third kappa shape index (κ3) is 3.32. The van der Waals surface area contributed by atoms with E-state index in [9.17, 15) is 0 Å². The van der Waals surface area contributed by atoms with Crippen LogP contribution in [0.1, 0.15) is 61.3 Å². The maximum atomic E-state index is 6.32. The molecule has 94 valence electrons. The van der Waals surface area contributed by atoms with Gasteiger partial charge in [0, 0.05) is 6.04 Å². The first-order valence-corrected chi connectivity index (χ1v) is 6.99. The number of nitrogens with two attached hydrogens (primary N) is 1. The Labute approximate surface area is 105 Å². The van der Waals surface area contributed by atoms with Crippen molar-refractivity contribution in [3.63, 3.8) is 0 Å². The van der Waals surface area contributed by atoms with Crippen molar-refractivity contribution in [3.8, 4) is 0 Å². The Balaban J connectivity index is 1.91. The molecule has 0 radical (unpaired) electrons. The molecule has 1 heteroatoms. The molecule has 0 bridgehead atoms. The van der Waals surface area contributed by atoms with Gasteiger partial charge in [0.15, 0.2) is 0 Å². The fourth-order valence-corrected chi connectivity index (χ4v) is 3.11.